The van der Waals surface area contributed by atoms with Gasteiger partial charge in [-0.25, -0.2) is 0 Å². The van der Waals surface area contributed by atoms with Crippen LogP contribution in [0.25, 0.3) is 0 Å². The minimum atomic E-state index is -0.141. The topological polar surface area (TPSA) is 59.6 Å². The molecule has 0 radical (unpaired) electrons. The fourth-order valence-electron chi connectivity index (χ4n) is 1.59. The van der Waals surface area contributed by atoms with Crippen LogP contribution in [-0.4, -0.2) is 45.9 Å². The number of nitrogens with one attached hydrogen (secondary N) is 2. The second-order valence-corrected chi connectivity index (χ2v) is 4.09. The Hall–Kier alpha value is -1.85. The average Bonchev–Trinajstić information content (AvgIpc) is 2.48. The molecule has 1 rings (SSSR count). The molecule has 0 aliphatic heterocycles. The molecule has 0 aliphatic rings. The molecule has 0 aliphatic carbocycles. The maximum atomic E-state index is 12.0. The lowest BCUT2D eigenvalue weighted by molar-refractivity contribution is 0.0950. The van der Waals surface area contributed by atoms with Crippen LogP contribution in [0.2, 0.25) is 0 Å². The number of hydrogen-bond acceptors (Lipinski definition) is 4. The highest BCUT2D eigenvalue weighted by Gasteiger charge is 2.10. The molecule has 0 fully saturated rings. The number of hydrogen-bond donors (Lipinski definition) is 2. The number of ether oxygens (including phenoxy) is 2. The summed E-state index contributed by atoms with van der Waals surface area (Å²) >= 11 is 0. The van der Waals surface area contributed by atoms with E-state index >= 15 is 0 Å². The van der Waals surface area contributed by atoms with Gasteiger partial charge in [0.2, 0.25) is 0 Å². The van der Waals surface area contributed by atoms with Gasteiger partial charge in [0.05, 0.1) is 12.2 Å². The van der Waals surface area contributed by atoms with Gasteiger partial charge in [0, 0.05) is 26.7 Å². The van der Waals surface area contributed by atoms with Crippen LogP contribution in [0.4, 0.5) is 0 Å². The van der Waals surface area contributed by atoms with E-state index in [0.29, 0.717) is 37.6 Å². The van der Waals surface area contributed by atoms with Crippen LogP contribution in [0.15, 0.2) is 36.9 Å². The Morgan fingerprint density at radius 1 is 1.30 bits per heavy atom. The van der Waals surface area contributed by atoms with E-state index in [4.69, 9.17) is 9.47 Å². The highest BCUT2D eigenvalue weighted by molar-refractivity contribution is 5.96. The number of methoxy groups -OCH3 is 1. The molecule has 0 saturated heterocycles. The van der Waals surface area contributed by atoms with Gasteiger partial charge in [-0.05, 0) is 12.1 Å². The molecule has 110 valence electrons. The Bertz CT molecular complexity index is 421. The van der Waals surface area contributed by atoms with Gasteiger partial charge >= 0.3 is 0 Å². The Balaban J connectivity index is 2.40. The van der Waals surface area contributed by atoms with Crippen LogP contribution in [0.3, 0.4) is 0 Å². The first-order chi connectivity index (χ1) is 9.79. The van der Waals surface area contributed by atoms with E-state index in [1.54, 1.807) is 25.3 Å². The van der Waals surface area contributed by atoms with Crippen molar-refractivity contribution < 1.29 is 14.3 Å². The van der Waals surface area contributed by atoms with Crippen molar-refractivity contribution in [3.05, 3.63) is 42.5 Å². The maximum absolute atomic E-state index is 12.0. The van der Waals surface area contributed by atoms with Crippen LogP contribution >= 0.6 is 0 Å². The molecule has 0 aromatic heterocycles. The Labute approximate surface area is 120 Å². The second kappa shape index (κ2) is 10.00. The molecule has 1 aromatic carbocycles. The minimum absolute atomic E-state index is 0.141. The molecule has 2 N–H and O–H groups in total. The Morgan fingerprint density at radius 2 is 2.10 bits per heavy atom. The van der Waals surface area contributed by atoms with Crippen molar-refractivity contribution in [3.8, 4) is 5.75 Å². The van der Waals surface area contributed by atoms with E-state index in [9.17, 15) is 4.79 Å². The number of rotatable bonds is 10. The molecule has 0 spiro atoms. The van der Waals surface area contributed by atoms with Crippen LogP contribution in [0.1, 0.15) is 10.4 Å². The third-order valence-corrected chi connectivity index (χ3v) is 2.56. The third kappa shape index (κ3) is 5.86. The standard InChI is InChI=1S/C15H22N2O3/c1-3-11-20-14-7-5-4-6-13(14)15(18)17-9-8-16-10-12-19-2/h3-7,16H,1,8-12H2,2H3,(H,17,18). The number of carbonyl (C=O) groups is 1. The van der Waals surface area contributed by atoms with Gasteiger partial charge in [-0.2, -0.15) is 0 Å². The number of amides is 1. The van der Waals surface area contributed by atoms with E-state index < -0.39 is 0 Å². The van der Waals surface area contributed by atoms with Crippen molar-refractivity contribution in [2.45, 2.75) is 0 Å². The normalized spacial score (nSPS) is 10.1. The summed E-state index contributed by atoms with van der Waals surface area (Å²) in [7, 11) is 1.66. The van der Waals surface area contributed by atoms with E-state index in [0.717, 1.165) is 6.54 Å². The number of benzene rings is 1. The molecule has 5 nitrogen and oxygen atoms in total. The van der Waals surface area contributed by atoms with E-state index in [2.05, 4.69) is 17.2 Å². The van der Waals surface area contributed by atoms with Gasteiger partial charge < -0.3 is 20.1 Å². The van der Waals surface area contributed by atoms with Crippen LogP contribution in [0, 0.1) is 0 Å². The van der Waals surface area contributed by atoms with Crippen molar-refractivity contribution in [3.63, 3.8) is 0 Å². The number of carbonyl (C=O) groups excluding carboxylic acids is 1. The lowest BCUT2D eigenvalue weighted by Crippen LogP contribution is -2.33. The highest BCUT2D eigenvalue weighted by atomic mass is 16.5. The molecule has 1 aromatic rings. The average molecular weight is 278 g/mol. The zero-order valence-electron chi connectivity index (χ0n) is 11.9. The highest BCUT2D eigenvalue weighted by Crippen LogP contribution is 2.17. The summed E-state index contributed by atoms with van der Waals surface area (Å²) in [4.78, 5) is 12.0. The predicted octanol–water partition coefficient (Wildman–Crippen LogP) is 1.22. The summed E-state index contributed by atoms with van der Waals surface area (Å²) in [5.74, 6) is 0.426. The zero-order chi connectivity index (χ0) is 14.6. The van der Waals surface area contributed by atoms with Gasteiger partial charge in [-0.15, -0.1) is 0 Å². The summed E-state index contributed by atoms with van der Waals surface area (Å²) in [6.45, 7) is 6.65. The van der Waals surface area contributed by atoms with E-state index in [-0.39, 0.29) is 5.91 Å². The van der Waals surface area contributed by atoms with Gasteiger partial charge in [0.1, 0.15) is 12.4 Å². The molecule has 5 heteroatoms. The lowest BCUT2D eigenvalue weighted by atomic mass is 10.2. The third-order valence-electron chi connectivity index (χ3n) is 2.56. The molecule has 0 heterocycles. The van der Waals surface area contributed by atoms with Gasteiger partial charge in [0.15, 0.2) is 0 Å². The summed E-state index contributed by atoms with van der Waals surface area (Å²) in [6.07, 6.45) is 1.65. The fourth-order valence-corrected chi connectivity index (χ4v) is 1.59. The Morgan fingerprint density at radius 3 is 2.85 bits per heavy atom. The largest absolute Gasteiger partial charge is 0.489 e. The molecule has 0 saturated carbocycles. The van der Waals surface area contributed by atoms with E-state index in [1.807, 2.05) is 12.1 Å². The quantitative estimate of drug-likeness (QED) is 0.499. The zero-order valence-corrected chi connectivity index (χ0v) is 11.9. The SMILES string of the molecule is C=CCOc1ccccc1C(=O)NCCNCCOC. The van der Waals surface area contributed by atoms with Crippen molar-refractivity contribution in [2.75, 3.05) is 40.0 Å². The Kier molecular flexibility index (Phi) is 8.10. The minimum Gasteiger partial charge on any atom is -0.489 e. The summed E-state index contributed by atoms with van der Waals surface area (Å²) in [5, 5.41) is 6.00. The smallest absolute Gasteiger partial charge is 0.255 e. The monoisotopic (exact) mass is 278 g/mol. The van der Waals surface area contributed by atoms with Crippen LogP contribution in [-0.2, 0) is 4.74 Å². The van der Waals surface area contributed by atoms with Crippen LogP contribution in [0.5, 0.6) is 5.75 Å². The number of para-hydroxylation sites is 1. The molecular formula is C15H22N2O3. The van der Waals surface area contributed by atoms with Crippen molar-refractivity contribution >= 4 is 5.91 Å². The molecule has 1 amide bonds. The molecule has 0 atom stereocenters. The first-order valence-corrected chi connectivity index (χ1v) is 6.60. The van der Waals surface area contributed by atoms with Crippen molar-refractivity contribution in [2.24, 2.45) is 0 Å². The van der Waals surface area contributed by atoms with E-state index in [1.165, 1.54) is 0 Å². The van der Waals surface area contributed by atoms with Gasteiger partial charge in [-0.3, -0.25) is 4.79 Å². The van der Waals surface area contributed by atoms with Gasteiger partial charge in [-0.1, -0.05) is 24.8 Å². The summed E-state index contributed by atoms with van der Waals surface area (Å²) in [5.41, 5.74) is 0.534. The molecular weight excluding hydrogens is 256 g/mol. The molecule has 0 bridgehead atoms. The van der Waals surface area contributed by atoms with Gasteiger partial charge in [0.25, 0.3) is 5.91 Å². The lowest BCUT2D eigenvalue weighted by Gasteiger charge is -2.10. The fraction of sp³-hybridized carbons (Fsp3) is 0.400. The molecule has 0 unspecified atom stereocenters. The van der Waals surface area contributed by atoms with Crippen LogP contribution < -0.4 is 15.4 Å². The second-order valence-electron chi connectivity index (χ2n) is 4.09. The first kappa shape index (κ1) is 16.2. The predicted molar refractivity (Wildman–Crippen MR) is 79.2 cm³/mol. The summed E-state index contributed by atoms with van der Waals surface area (Å²) in [6, 6.07) is 7.16. The first-order valence-electron chi connectivity index (χ1n) is 6.60. The van der Waals surface area contributed by atoms with Crippen molar-refractivity contribution in [1.82, 2.24) is 10.6 Å². The maximum Gasteiger partial charge on any atom is 0.255 e. The molecule has 20 heavy (non-hydrogen) atoms. The summed E-state index contributed by atoms with van der Waals surface area (Å²) < 4.78 is 10.4. The van der Waals surface area contributed by atoms with Crippen molar-refractivity contribution in [1.29, 1.82) is 0 Å².